The van der Waals surface area contributed by atoms with Crippen molar-refractivity contribution in [3.8, 4) is 0 Å². The van der Waals surface area contributed by atoms with Gasteiger partial charge < -0.3 is 5.32 Å². The van der Waals surface area contributed by atoms with Gasteiger partial charge in [-0.1, -0.05) is 31.0 Å². The van der Waals surface area contributed by atoms with Crippen molar-refractivity contribution < 1.29 is 8.42 Å². The molecule has 0 spiro atoms. The van der Waals surface area contributed by atoms with Gasteiger partial charge in [-0.15, -0.1) is 0 Å². The molecule has 1 unspecified atom stereocenters. The zero-order valence-electron chi connectivity index (χ0n) is 11.0. The van der Waals surface area contributed by atoms with Crippen molar-refractivity contribution in [3.05, 3.63) is 33.1 Å². The van der Waals surface area contributed by atoms with Gasteiger partial charge in [0.25, 0.3) is 5.56 Å². The van der Waals surface area contributed by atoms with Crippen molar-refractivity contribution >= 4 is 27.1 Å². The second kappa shape index (κ2) is 5.97. The fraction of sp³-hybridized carbons (Fsp3) is 0.500. The summed E-state index contributed by atoms with van der Waals surface area (Å²) in [6.07, 6.45) is 4.79. The smallest absolute Gasteiger partial charge is 0.287 e. The number of aryl methyl sites for hydroxylation is 1. The van der Waals surface area contributed by atoms with Crippen molar-refractivity contribution in [2.75, 3.05) is 11.1 Å². The first-order chi connectivity index (χ1) is 9.43. The summed E-state index contributed by atoms with van der Waals surface area (Å²) in [7, 11) is -3.15. The topological polar surface area (TPSA) is 81.1 Å². The van der Waals surface area contributed by atoms with Gasteiger partial charge in [0.15, 0.2) is 9.84 Å². The predicted octanol–water partition coefficient (Wildman–Crippen LogP) is 1.42. The minimum Gasteiger partial charge on any atom is -0.375 e. The molecule has 0 radical (unpaired) electrons. The molecule has 0 aromatic carbocycles. The number of nitrogens with zero attached hydrogens (tertiary/aromatic N) is 2. The summed E-state index contributed by atoms with van der Waals surface area (Å²) in [5.41, 5.74) is -0.00823. The average molecular weight is 318 g/mol. The zero-order valence-corrected chi connectivity index (χ0v) is 12.6. The quantitative estimate of drug-likeness (QED) is 0.888. The summed E-state index contributed by atoms with van der Waals surface area (Å²) < 4.78 is 23.9. The van der Waals surface area contributed by atoms with Crippen LogP contribution < -0.4 is 10.9 Å². The molecule has 8 heteroatoms. The first-order valence-electron chi connectivity index (χ1n) is 6.36. The summed E-state index contributed by atoms with van der Waals surface area (Å²) in [6.45, 7) is 2.54. The number of hydrogen-bond acceptors (Lipinski definition) is 5. The molecule has 0 fully saturated rings. The predicted molar refractivity (Wildman–Crippen MR) is 78.8 cm³/mol. The Labute approximate surface area is 122 Å². The van der Waals surface area contributed by atoms with Crippen molar-refractivity contribution in [1.82, 2.24) is 9.78 Å². The Morgan fingerprint density at radius 2 is 2.30 bits per heavy atom. The van der Waals surface area contributed by atoms with Gasteiger partial charge in [-0.05, 0) is 6.42 Å². The molecule has 0 bridgehead atoms. The molecule has 2 rings (SSSR count). The maximum absolute atomic E-state index is 12.0. The third kappa shape index (κ3) is 3.40. The van der Waals surface area contributed by atoms with Crippen LogP contribution in [0.15, 0.2) is 22.5 Å². The second-order valence-electron chi connectivity index (χ2n) is 4.66. The summed E-state index contributed by atoms with van der Waals surface area (Å²) >= 11 is 6.02. The highest BCUT2D eigenvalue weighted by atomic mass is 35.5. The van der Waals surface area contributed by atoms with Crippen LogP contribution in [0, 0.1) is 0 Å². The number of hydrogen-bond donors (Lipinski definition) is 1. The molecule has 1 aliphatic rings. The van der Waals surface area contributed by atoms with Gasteiger partial charge in [-0.25, -0.2) is 13.1 Å². The molecule has 20 heavy (non-hydrogen) atoms. The van der Waals surface area contributed by atoms with E-state index in [2.05, 4.69) is 10.4 Å². The van der Waals surface area contributed by atoms with E-state index in [0.29, 0.717) is 12.2 Å². The van der Waals surface area contributed by atoms with Crippen molar-refractivity contribution in [2.24, 2.45) is 0 Å². The standard InChI is InChI=1S/C12H16ClN3O3S/c1-2-3-5-16-12(17)11(13)10(7-14-16)15-9-4-6-20(18,19)8-9/h4,6-7,9,15H,2-3,5,8H2,1H3. The summed E-state index contributed by atoms with van der Waals surface area (Å²) in [5.74, 6) is -0.0394. The maximum Gasteiger partial charge on any atom is 0.287 e. The monoisotopic (exact) mass is 317 g/mol. The number of aromatic nitrogens is 2. The van der Waals surface area contributed by atoms with Crippen LogP contribution in [0.3, 0.4) is 0 Å². The molecule has 6 nitrogen and oxygen atoms in total. The number of halogens is 1. The maximum atomic E-state index is 12.0. The highest BCUT2D eigenvalue weighted by Gasteiger charge is 2.22. The van der Waals surface area contributed by atoms with Crippen molar-refractivity contribution in [2.45, 2.75) is 32.4 Å². The molecular formula is C12H16ClN3O3S. The Kier molecular flexibility index (Phi) is 4.49. The van der Waals surface area contributed by atoms with Crippen molar-refractivity contribution in [1.29, 1.82) is 0 Å². The Balaban J connectivity index is 2.16. The SMILES string of the molecule is CCCCn1ncc(NC2C=CS(=O)(=O)C2)c(Cl)c1=O. The number of anilines is 1. The molecular weight excluding hydrogens is 302 g/mol. The highest BCUT2D eigenvalue weighted by molar-refractivity contribution is 7.94. The van der Waals surface area contributed by atoms with Gasteiger partial charge >= 0.3 is 0 Å². The van der Waals surface area contributed by atoms with E-state index in [0.717, 1.165) is 18.2 Å². The lowest BCUT2D eigenvalue weighted by Crippen LogP contribution is -2.27. The first kappa shape index (κ1) is 15.1. The van der Waals surface area contributed by atoms with Gasteiger partial charge in [0.1, 0.15) is 5.02 Å². The van der Waals surface area contributed by atoms with E-state index in [1.54, 1.807) is 0 Å². The van der Waals surface area contributed by atoms with Crippen molar-refractivity contribution in [3.63, 3.8) is 0 Å². The average Bonchev–Trinajstić information content (AvgIpc) is 2.74. The zero-order chi connectivity index (χ0) is 14.8. The summed E-state index contributed by atoms with van der Waals surface area (Å²) in [5, 5.41) is 8.15. The van der Waals surface area contributed by atoms with E-state index in [9.17, 15) is 13.2 Å². The van der Waals surface area contributed by atoms with Gasteiger partial charge in [-0.2, -0.15) is 5.10 Å². The molecule has 1 N–H and O–H groups in total. The summed E-state index contributed by atoms with van der Waals surface area (Å²) in [6, 6.07) is -0.384. The largest absolute Gasteiger partial charge is 0.375 e. The van der Waals surface area contributed by atoms with E-state index in [-0.39, 0.29) is 22.4 Å². The van der Waals surface area contributed by atoms with Crippen LogP contribution >= 0.6 is 11.6 Å². The molecule has 1 aromatic rings. The number of rotatable bonds is 5. The van der Waals surface area contributed by atoms with Crippen LogP contribution in [0.4, 0.5) is 5.69 Å². The minimum absolute atomic E-state index is 0.0359. The van der Waals surface area contributed by atoms with E-state index in [1.165, 1.54) is 17.0 Å². The van der Waals surface area contributed by atoms with Crippen LogP contribution in [0.5, 0.6) is 0 Å². The minimum atomic E-state index is -3.15. The number of unbranched alkanes of at least 4 members (excludes halogenated alkanes) is 1. The molecule has 0 aliphatic carbocycles. The van der Waals surface area contributed by atoms with E-state index < -0.39 is 9.84 Å². The van der Waals surface area contributed by atoms with Crippen LogP contribution in [0.25, 0.3) is 0 Å². The molecule has 1 aromatic heterocycles. The van der Waals surface area contributed by atoms with Gasteiger partial charge in [0.2, 0.25) is 0 Å². The Hall–Kier alpha value is -1.34. The third-order valence-electron chi connectivity index (χ3n) is 2.98. The molecule has 2 heterocycles. The lowest BCUT2D eigenvalue weighted by atomic mass is 10.3. The molecule has 0 saturated carbocycles. The second-order valence-corrected chi connectivity index (χ2v) is 6.97. The Morgan fingerprint density at radius 3 is 2.90 bits per heavy atom. The fourth-order valence-corrected chi connectivity index (χ4v) is 3.33. The lowest BCUT2D eigenvalue weighted by molar-refractivity contribution is 0.543. The van der Waals surface area contributed by atoms with E-state index in [4.69, 9.17) is 11.6 Å². The van der Waals surface area contributed by atoms with Gasteiger partial charge in [0, 0.05) is 12.0 Å². The van der Waals surface area contributed by atoms with Crippen LogP contribution in [0.1, 0.15) is 19.8 Å². The molecule has 1 atom stereocenters. The third-order valence-corrected chi connectivity index (χ3v) is 4.74. The highest BCUT2D eigenvalue weighted by Crippen LogP contribution is 2.19. The van der Waals surface area contributed by atoms with Gasteiger partial charge in [-0.3, -0.25) is 4.79 Å². The van der Waals surface area contributed by atoms with Crippen LogP contribution in [-0.2, 0) is 16.4 Å². The lowest BCUT2D eigenvalue weighted by Gasteiger charge is -2.13. The molecule has 0 saturated heterocycles. The summed E-state index contributed by atoms with van der Waals surface area (Å²) in [4.78, 5) is 12.0. The molecule has 110 valence electrons. The number of nitrogens with one attached hydrogen (secondary N) is 1. The van der Waals surface area contributed by atoms with Crippen LogP contribution in [-0.4, -0.2) is 30.0 Å². The number of sulfone groups is 1. The first-order valence-corrected chi connectivity index (χ1v) is 8.45. The van der Waals surface area contributed by atoms with Gasteiger partial charge in [0.05, 0.1) is 23.7 Å². The van der Waals surface area contributed by atoms with E-state index >= 15 is 0 Å². The normalized spacial score (nSPS) is 20.2. The molecule has 1 aliphatic heterocycles. The Bertz CT molecular complexity index is 682. The van der Waals surface area contributed by atoms with E-state index in [1.807, 2.05) is 6.92 Å². The molecule has 0 amide bonds. The Morgan fingerprint density at radius 1 is 1.55 bits per heavy atom. The van der Waals surface area contributed by atoms with Crippen LogP contribution in [0.2, 0.25) is 5.02 Å². The fourth-order valence-electron chi connectivity index (χ4n) is 1.90.